The van der Waals surface area contributed by atoms with Crippen molar-refractivity contribution in [2.24, 2.45) is 5.18 Å². The molecule has 16 heavy (non-hydrogen) atoms. The molecule has 0 atom stereocenters. The van der Waals surface area contributed by atoms with E-state index in [1.165, 1.54) is 6.26 Å². The minimum atomic E-state index is 0.255. The maximum Gasteiger partial charge on any atom is 0.212 e. The van der Waals surface area contributed by atoms with Crippen molar-refractivity contribution in [1.82, 2.24) is 9.38 Å². The third kappa shape index (κ3) is 1.15. The highest BCUT2D eigenvalue weighted by atomic mass is 16.3. The lowest BCUT2D eigenvalue weighted by Crippen LogP contribution is -1.80. The van der Waals surface area contributed by atoms with Crippen LogP contribution < -0.4 is 0 Å². The van der Waals surface area contributed by atoms with Crippen molar-refractivity contribution < 1.29 is 4.42 Å². The highest BCUT2D eigenvalue weighted by Gasteiger charge is 2.15. The van der Waals surface area contributed by atoms with Gasteiger partial charge in [-0.1, -0.05) is 6.07 Å². The molecule has 0 aliphatic rings. The lowest BCUT2D eigenvalue weighted by Gasteiger charge is -1.92. The molecule has 0 fully saturated rings. The Morgan fingerprint density at radius 2 is 2.19 bits per heavy atom. The lowest BCUT2D eigenvalue weighted by atomic mass is 10.3. The van der Waals surface area contributed by atoms with E-state index in [4.69, 9.17) is 4.42 Å². The van der Waals surface area contributed by atoms with Crippen LogP contribution >= 0.6 is 0 Å². The van der Waals surface area contributed by atoms with E-state index in [-0.39, 0.29) is 5.82 Å². The van der Waals surface area contributed by atoms with Crippen molar-refractivity contribution in [3.63, 3.8) is 0 Å². The summed E-state index contributed by atoms with van der Waals surface area (Å²) in [4.78, 5) is 15.1. The molecular weight excluding hydrogens is 206 g/mol. The number of rotatable bonds is 2. The van der Waals surface area contributed by atoms with Crippen LogP contribution in [0.4, 0.5) is 5.82 Å². The second-order valence-electron chi connectivity index (χ2n) is 3.28. The van der Waals surface area contributed by atoms with Gasteiger partial charge < -0.3 is 4.42 Å². The molecule has 3 heterocycles. The molecule has 0 aromatic carbocycles. The molecule has 0 amide bonds. The molecule has 3 aromatic rings. The molecule has 3 rings (SSSR count). The fourth-order valence-electron chi connectivity index (χ4n) is 1.65. The van der Waals surface area contributed by atoms with Crippen LogP contribution in [0.5, 0.6) is 0 Å². The van der Waals surface area contributed by atoms with Gasteiger partial charge in [-0.25, -0.2) is 4.98 Å². The second-order valence-corrected chi connectivity index (χ2v) is 3.28. The molecule has 0 saturated heterocycles. The number of fused-ring (bicyclic) bond motifs is 1. The zero-order valence-electron chi connectivity index (χ0n) is 8.20. The maximum absolute atomic E-state index is 10.8. The highest BCUT2D eigenvalue weighted by Crippen LogP contribution is 2.30. The lowest BCUT2D eigenvalue weighted by molar-refractivity contribution is 0.580. The van der Waals surface area contributed by atoms with Gasteiger partial charge in [0.05, 0.1) is 6.26 Å². The Balaban J connectivity index is 2.37. The molecule has 0 saturated carbocycles. The molecular formula is C11H7N3O2. The summed E-state index contributed by atoms with van der Waals surface area (Å²) >= 11 is 0. The normalized spacial score (nSPS) is 10.8. The number of nitroso groups, excluding NO2 is 1. The van der Waals surface area contributed by atoms with E-state index in [1.807, 2.05) is 12.1 Å². The van der Waals surface area contributed by atoms with Crippen LogP contribution in [0, 0.1) is 4.91 Å². The fraction of sp³-hybridized carbons (Fsp3) is 0. The Bertz CT molecular complexity index is 640. The first-order chi connectivity index (χ1) is 7.90. The molecule has 5 heteroatoms. The van der Waals surface area contributed by atoms with Gasteiger partial charge in [-0.15, -0.1) is 4.91 Å². The average molecular weight is 213 g/mol. The van der Waals surface area contributed by atoms with Crippen LogP contribution in [0.2, 0.25) is 0 Å². The zero-order chi connectivity index (χ0) is 11.0. The molecule has 0 bridgehead atoms. The summed E-state index contributed by atoms with van der Waals surface area (Å²) in [6.45, 7) is 0. The van der Waals surface area contributed by atoms with Crippen molar-refractivity contribution >= 4 is 11.5 Å². The predicted octanol–water partition coefficient (Wildman–Crippen LogP) is 2.99. The minimum absolute atomic E-state index is 0.255. The molecule has 0 aliphatic heterocycles. The fourth-order valence-corrected chi connectivity index (χ4v) is 1.65. The van der Waals surface area contributed by atoms with Gasteiger partial charge in [0.15, 0.2) is 11.5 Å². The number of hydrogen-bond donors (Lipinski definition) is 0. The molecule has 0 N–H and O–H groups in total. The van der Waals surface area contributed by atoms with Crippen LogP contribution in [-0.2, 0) is 0 Å². The average Bonchev–Trinajstić information content (AvgIpc) is 2.95. The van der Waals surface area contributed by atoms with Crippen molar-refractivity contribution in [2.75, 3.05) is 0 Å². The molecule has 0 spiro atoms. The van der Waals surface area contributed by atoms with Gasteiger partial charge in [0, 0.05) is 6.20 Å². The van der Waals surface area contributed by atoms with E-state index in [9.17, 15) is 4.91 Å². The summed E-state index contributed by atoms with van der Waals surface area (Å²) in [7, 11) is 0. The number of imidazole rings is 1. The summed E-state index contributed by atoms with van der Waals surface area (Å²) in [6, 6.07) is 8.96. The van der Waals surface area contributed by atoms with E-state index in [2.05, 4.69) is 10.2 Å². The van der Waals surface area contributed by atoms with E-state index in [0.29, 0.717) is 17.1 Å². The molecule has 78 valence electrons. The van der Waals surface area contributed by atoms with Crippen LogP contribution in [0.1, 0.15) is 0 Å². The van der Waals surface area contributed by atoms with Crippen LogP contribution in [0.15, 0.2) is 52.4 Å². The quantitative estimate of drug-likeness (QED) is 0.615. The molecule has 3 aromatic heterocycles. The number of pyridine rings is 1. The monoisotopic (exact) mass is 213 g/mol. The number of nitrogens with zero attached hydrogens (tertiary/aromatic N) is 3. The Labute approximate surface area is 90.3 Å². The van der Waals surface area contributed by atoms with Gasteiger partial charge in [-0.05, 0) is 29.4 Å². The summed E-state index contributed by atoms with van der Waals surface area (Å²) in [5, 5.41) is 3.01. The second kappa shape index (κ2) is 3.30. The van der Waals surface area contributed by atoms with Crippen molar-refractivity contribution in [2.45, 2.75) is 0 Å². The van der Waals surface area contributed by atoms with E-state index >= 15 is 0 Å². The van der Waals surface area contributed by atoms with Crippen LogP contribution in [0.25, 0.3) is 17.1 Å². The predicted molar refractivity (Wildman–Crippen MR) is 58.3 cm³/mol. The third-order valence-corrected chi connectivity index (χ3v) is 2.35. The highest BCUT2D eigenvalue weighted by molar-refractivity contribution is 5.70. The molecule has 0 unspecified atom stereocenters. The Morgan fingerprint density at radius 3 is 2.94 bits per heavy atom. The zero-order valence-corrected chi connectivity index (χ0v) is 8.20. The Hall–Kier alpha value is -2.43. The van der Waals surface area contributed by atoms with Crippen LogP contribution in [0.3, 0.4) is 0 Å². The first-order valence-electron chi connectivity index (χ1n) is 4.74. The minimum Gasteiger partial charge on any atom is -0.463 e. The number of aromatic nitrogens is 2. The summed E-state index contributed by atoms with van der Waals surface area (Å²) < 4.78 is 6.85. The summed E-state index contributed by atoms with van der Waals surface area (Å²) in [5.74, 6) is 0.795. The van der Waals surface area contributed by atoms with Gasteiger partial charge >= 0.3 is 0 Å². The maximum atomic E-state index is 10.8. The molecule has 5 nitrogen and oxygen atoms in total. The summed E-state index contributed by atoms with van der Waals surface area (Å²) in [6.07, 6.45) is 3.28. The topological polar surface area (TPSA) is 59.9 Å². The van der Waals surface area contributed by atoms with E-state index < -0.39 is 0 Å². The van der Waals surface area contributed by atoms with Crippen molar-refractivity contribution in [3.8, 4) is 11.5 Å². The first kappa shape index (κ1) is 8.84. The molecule has 0 radical (unpaired) electrons. The third-order valence-electron chi connectivity index (χ3n) is 2.35. The van der Waals surface area contributed by atoms with Crippen LogP contribution in [-0.4, -0.2) is 9.38 Å². The largest absolute Gasteiger partial charge is 0.463 e. The van der Waals surface area contributed by atoms with E-state index in [0.717, 1.165) is 0 Å². The first-order valence-corrected chi connectivity index (χ1v) is 4.74. The van der Waals surface area contributed by atoms with Crippen molar-refractivity contribution in [1.29, 1.82) is 0 Å². The van der Waals surface area contributed by atoms with Gasteiger partial charge in [0.25, 0.3) is 0 Å². The smallest absolute Gasteiger partial charge is 0.212 e. The van der Waals surface area contributed by atoms with Gasteiger partial charge in [0.1, 0.15) is 5.65 Å². The molecule has 0 aliphatic carbocycles. The van der Waals surface area contributed by atoms with E-state index in [1.54, 1.807) is 28.8 Å². The summed E-state index contributed by atoms with van der Waals surface area (Å²) in [5.41, 5.74) is 1.13. The SMILES string of the molecule is O=Nc1c(-c2ccco2)nc2ccccn12. The number of hydrogen-bond acceptors (Lipinski definition) is 4. The standard InChI is InChI=1S/C11H7N3O2/c15-13-11-10(8-4-3-7-16-8)12-9-5-1-2-6-14(9)11/h1-7H. The number of furan rings is 1. The van der Waals surface area contributed by atoms with Gasteiger partial charge in [0.2, 0.25) is 5.82 Å². The Kier molecular flexibility index (Phi) is 1.83. The van der Waals surface area contributed by atoms with Gasteiger partial charge in [-0.2, -0.15) is 0 Å². The van der Waals surface area contributed by atoms with Crippen molar-refractivity contribution in [3.05, 3.63) is 47.7 Å². The van der Waals surface area contributed by atoms with Gasteiger partial charge in [-0.3, -0.25) is 4.40 Å². The Morgan fingerprint density at radius 1 is 1.25 bits per heavy atom.